The molecule has 2 aliphatic rings. The molecule has 2 amide bonds. The number of carboxylic acid groups (broad SMARTS) is 1. The average Bonchev–Trinajstić information content (AvgIpc) is 3.31. The Morgan fingerprint density at radius 3 is 2.62 bits per heavy atom. The third kappa shape index (κ3) is 3.98. The molecule has 1 unspecified atom stereocenters. The molecule has 4 rings (SSSR count). The number of hydrogen-bond acceptors (Lipinski definition) is 4. The second kappa shape index (κ2) is 7.87. The minimum absolute atomic E-state index is 0.0295. The predicted molar refractivity (Wildman–Crippen MR) is 106 cm³/mol. The monoisotopic (exact) mass is 398 g/mol. The highest BCUT2D eigenvalue weighted by molar-refractivity contribution is 5.87. The third-order valence-electron chi connectivity index (χ3n) is 6.20. The molecule has 2 aromatic rings. The number of nitrogens with one attached hydrogen (secondary N) is 1. The van der Waals surface area contributed by atoms with Gasteiger partial charge in [-0.3, -0.25) is 4.68 Å². The molecule has 0 aliphatic carbocycles. The molecule has 1 spiro atoms. The molecule has 154 valence electrons. The van der Waals surface area contributed by atoms with Crippen LogP contribution in [0.1, 0.15) is 40.2 Å². The number of aryl methyl sites for hydroxylation is 1. The summed E-state index contributed by atoms with van der Waals surface area (Å²) in [6, 6.07) is 6.47. The van der Waals surface area contributed by atoms with Crippen LogP contribution in [0.15, 0.2) is 36.7 Å². The fraction of sp³-hybridized carbons (Fsp3) is 0.476. The van der Waals surface area contributed by atoms with Gasteiger partial charge in [0.2, 0.25) is 0 Å². The summed E-state index contributed by atoms with van der Waals surface area (Å²) >= 11 is 0. The minimum atomic E-state index is -0.958. The van der Waals surface area contributed by atoms with E-state index in [1.807, 2.05) is 29.0 Å². The van der Waals surface area contributed by atoms with Gasteiger partial charge in [0.15, 0.2) is 0 Å². The van der Waals surface area contributed by atoms with Crippen LogP contribution in [0, 0.1) is 5.41 Å². The highest BCUT2D eigenvalue weighted by Crippen LogP contribution is 2.49. The van der Waals surface area contributed by atoms with Crippen molar-refractivity contribution >= 4 is 12.0 Å². The van der Waals surface area contributed by atoms with Crippen LogP contribution in [0.5, 0.6) is 0 Å². The van der Waals surface area contributed by atoms with Crippen molar-refractivity contribution in [3.63, 3.8) is 0 Å². The summed E-state index contributed by atoms with van der Waals surface area (Å²) in [5.41, 5.74) is 2.31. The number of aromatic carboxylic acids is 1. The summed E-state index contributed by atoms with van der Waals surface area (Å²) in [6.45, 7) is 3.18. The van der Waals surface area contributed by atoms with E-state index in [2.05, 4.69) is 10.4 Å². The number of rotatable bonds is 4. The molecule has 3 heterocycles. The van der Waals surface area contributed by atoms with Crippen LogP contribution < -0.4 is 5.32 Å². The van der Waals surface area contributed by atoms with E-state index >= 15 is 0 Å². The van der Waals surface area contributed by atoms with Gasteiger partial charge in [-0.2, -0.15) is 5.10 Å². The summed E-state index contributed by atoms with van der Waals surface area (Å²) in [6.07, 6.45) is 5.83. The first-order valence-electron chi connectivity index (χ1n) is 9.88. The summed E-state index contributed by atoms with van der Waals surface area (Å²) in [4.78, 5) is 25.7. The van der Waals surface area contributed by atoms with Crippen molar-refractivity contribution in [3.05, 3.63) is 53.3 Å². The number of carbonyl (C=O) groups excluding carboxylic acids is 1. The molecule has 2 N–H and O–H groups in total. The lowest BCUT2D eigenvalue weighted by Gasteiger charge is -2.37. The summed E-state index contributed by atoms with van der Waals surface area (Å²) in [5.74, 6) is -0.707. The minimum Gasteiger partial charge on any atom is -0.478 e. The van der Waals surface area contributed by atoms with Crippen LogP contribution in [0.3, 0.4) is 0 Å². The highest BCUT2D eigenvalue weighted by Gasteiger charge is 2.49. The van der Waals surface area contributed by atoms with Gasteiger partial charge in [-0.15, -0.1) is 0 Å². The zero-order valence-corrected chi connectivity index (χ0v) is 16.5. The first-order valence-corrected chi connectivity index (χ1v) is 9.88. The fourth-order valence-electron chi connectivity index (χ4n) is 4.54. The number of aromatic nitrogens is 2. The molecule has 29 heavy (non-hydrogen) atoms. The predicted octanol–water partition coefficient (Wildman–Crippen LogP) is 2.22. The van der Waals surface area contributed by atoms with Crippen LogP contribution in [-0.4, -0.2) is 58.1 Å². The van der Waals surface area contributed by atoms with Gasteiger partial charge in [0.1, 0.15) is 0 Å². The van der Waals surface area contributed by atoms with Crippen LogP contribution in [-0.2, 0) is 18.3 Å². The molecule has 0 bridgehead atoms. The van der Waals surface area contributed by atoms with Gasteiger partial charge >= 0.3 is 12.0 Å². The van der Waals surface area contributed by atoms with E-state index in [0.717, 1.165) is 31.6 Å². The Balaban J connectivity index is 1.44. The van der Waals surface area contributed by atoms with Crippen LogP contribution in [0.4, 0.5) is 4.79 Å². The fourth-order valence-corrected chi connectivity index (χ4v) is 4.54. The molecule has 8 heteroatoms. The number of benzene rings is 1. The van der Waals surface area contributed by atoms with Gasteiger partial charge in [-0.1, -0.05) is 12.1 Å². The Labute approximate surface area is 169 Å². The first-order chi connectivity index (χ1) is 14.0. The van der Waals surface area contributed by atoms with Crippen molar-refractivity contribution in [2.45, 2.75) is 25.3 Å². The van der Waals surface area contributed by atoms with Gasteiger partial charge in [0.05, 0.1) is 11.8 Å². The third-order valence-corrected chi connectivity index (χ3v) is 6.20. The number of carbonyl (C=O) groups is 2. The average molecular weight is 398 g/mol. The number of amides is 2. The Morgan fingerprint density at radius 1 is 1.28 bits per heavy atom. The molecule has 2 saturated heterocycles. The van der Waals surface area contributed by atoms with Crippen LogP contribution in [0.25, 0.3) is 0 Å². The van der Waals surface area contributed by atoms with Crippen molar-refractivity contribution in [2.24, 2.45) is 12.5 Å². The SMILES string of the molecule is Cn1cc(C2CN(C(=O)NCc3ccc(C(=O)O)cc3)CC23CCOCC3)cn1. The molecular weight excluding hydrogens is 372 g/mol. The number of nitrogens with zero attached hydrogens (tertiary/aromatic N) is 3. The maximum Gasteiger partial charge on any atom is 0.335 e. The second-order valence-electron chi connectivity index (χ2n) is 8.02. The zero-order chi connectivity index (χ0) is 20.4. The topological polar surface area (TPSA) is 96.7 Å². The molecule has 2 aliphatic heterocycles. The number of hydrogen-bond donors (Lipinski definition) is 2. The molecular formula is C21H26N4O4. The number of ether oxygens (including phenoxy) is 1. The Bertz CT molecular complexity index is 886. The van der Waals surface area contributed by atoms with E-state index in [1.165, 1.54) is 5.56 Å². The van der Waals surface area contributed by atoms with Crippen molar-refractivity contribution in [3.8, 4) is 0 Å². The van der Waals surface area contributed by atoms with E-state index in [-0.39, 0.29) is 22.9 Å². The zero-order valence-electron chi connectivity index (χ0n) is 16.5. The van der Waals surface area contributed by atoms with E-state index in [4.69, 9.17) is 9.84 Å². The maximum absolute atomic E-state index is 12.9. The number of urea groups is 1. The standard InChI is InChI=1S/C21H26N4O4/c1-24-12-17(11-23-24)18-13-25(14-21(18)6-8-29-9-7-21)20(28)22-10-15-2-4-16(5-3-15)19(26)27/h2-5,11-12,18H,6-10,13-14H2,1H3,(H,22,28)(H,26,27). The molecule has 1 aromatic heterocycles. The Hall–Kier alpha value is -2.87. The van der Waals surface area contributed by atoms with E-state index in [0.29, 0.717) is 19.6 Å². The van der Waals surface area contributed by atoms with Crippen molar-refractivity contribution in [1.82, 2.24) is 20.0 Å². The molecule has 0 saturated carbocycles. The van der Waals surface area contributed by atoms with Crippen LogP contribution in [0.2, 0.25) is 0 Å². The Morgan fingerprint density at radius 2 is 2.00 bits per heavy atom. The van der Waals surface area contributed by atoms with Gasteiger partial charge in [0.25, 0.3) is 0 Å². The lowest BCUT2D eigenvalue weighted by atomic mass is 9.70. The quantitative estimate of drug-likeness (QED) is 0.823. The number of likely N-dealkylation sites (tertiary alicyclic amines) is 1. The molecule has 0 radical (unpaired) electrons. The highest BCUT2D eigenvalue weighted by atomic mass is 16.5. The lowest BCUT2D eigenvalue weighted by molar-refractivity contribution is 0.0134. The van der Waals surface area contributed by atoms with Gasteiger partial charge in [0, 0.05) is 57.4 Å². The normalized spacial score (nSPS) is 20.7. The van der Waals surface area contributed by atoms with Crippen molar-refractivity contribution in [2.75, 3.05) is 26.3 Å². The second-order valence-corrected chi connectivity index (χ2v) is 8.02. The first kappa shape index (κ1) is 19.4. The molecule has 8 nitrogen and oxygen atoms in total. The number of carboxylic acids is 1. The van der Waals surface area contributed by atoms with Crippen molar-refractivity contribution < 1.29 is 19.4 Å². The Kier molecular flexibility index (Phi) is 5.27. The largest absolute Gasteiger partial charge is 0.478 e. The maximum atomic E-state index is 12.9. The molecule has 1 aromatic carbocycles. The van der Waals surface area contributed by atoms with Gasteiger partial charge in [-0.25, -0.2) is 9.59 Å². The lowest BCUT2D eigenvalue weighted by Crippen LogP contribution is -2.41. The van der Waals surface area contributed by atoms with Gasteiger partial charge in [-0.05, 0) is 36.1 Å². The van der Waals surface area contributed by atoms with E-state index in [9.17, 15) is 9.59 Å². The van der Waals surface area contributed by atoms with E-state index < -0.39 is 5.97 Å². The molecule has 1 atom stereocenters. The van der Waals surface area contributed by atoms with Crippen molar-refractivity contribution in [1.29, 1.82) is 0 Å². The summed E-state index contributed by atoms with van der Waals surface area (Å²) < 4.78 is 7.40. The molecule has 2 fully saturated rings. The van der Waals surface area contributed by atoms with Gasteiger partial charge < -0.3 is 20.1 Å². The summed E-state index contributed by atoms with van der Waals surface area (Å²) in [7, 11) is 1.91. The summed E-state index contributed by atoms with van der Waals surface area (Å²) in [5, 5.41) is 16.3. The smallest absolute Gasteiger partial charge is 0.335 e. The van der Waals surface area contributed by atoms with Crippen LogP contribution >= 0.6 is 0 Å². The van der Waals surface area contributed by atoms with E-state index in [1.54, 1.807) is 24.3 Å².